The molecule has 0 radical (unpaired) electrons. The van der Waals surface area contributed by atoms with Gasteiger partial charge in [0.25, 0.3) is 0 Å². The molecule has 1 heterocycles. The van der Waals surface area contributed by atoms with Crippen molar-refractivity contribution in [2.45, 2.75) is 19.3 Å². The summed E-state index contributed by atoms with van der Waals surface area (Å²) >= 11 is 6.03. The van der Waals surface area contributed by atoms with Crippen molar-refractivity contribution in [2.75, 3.05) is 7.11 Å². The first-order valence-electron chi connectivity index (χ1n) is 4.72. The number of ether oxygens (including phenoxy) is 1. The van der Waals surface area contributed by atoms with Crippen LogP contribution >= 0.6 is 11.6 Å². The van der Waals surface area contributed by atoms with Crippen molar-refractivity contribution in [1.82, 2.24) is 4.98 Å². The Morgan fingerprint density at radius 2 is 2.00 bits per heavy atom. The maximum absolute atomic E-state index is 6.03. The number of rotatable bonds is 1. The van der Waals surface area contributed by atoms with Crippen molar-refractivity contribution < 1.29 is 4.74 Å². The van der Waals surface area contributed by atoms with E-state index >= 15 is 0 Å². The normalized spacial score (nSPS) is 14.7. The van der Waals surface area contributed by atoms with Crippen LogP contribution in [0.1, 0.15) is 19.3 Å². The Bertz CT molecular complexity index is 453. The van der Waals surface area contributed by atoms with Gasteiger partial charge in [0.15, 0.2) is 0 Å². The monoisotopic (exact) mass is 209 g/mol. The van der Waals surface area contributed by atoms with Crippen LogP contribution in [0.25, 0.3) is 12.2 Å². The molecule has 1 aliphatic rings. The molecule has 1 aromatic heterocycles. The molecule has 0 saturated heterocycles. The Morgan fingerprint density at radius 3 is 2.71 bits per heavy atom. The predicted octanol–water partition coefficient (Wildman–Crippen LogP) is 1.49. The standard InChI is InChI=1S/C11H12ClNO/c1-14-10-7-13-11(12)9-6-4-2-3-5-8(9)10/h5-7H,2-4H2,1H3. The van der Waals surface area contributed by atoms with Crippen molar-refractivity contribution in [3.05, 3.63) is 21.8 Å². The maximum Gasteiger partial charge on any atom is 0.144 e. The SMILES string of the molecule is COc1cnc(Cl)c2c1=CCCCC=2. The van der Waals surface area contributed by atoms with Gasteiger partial charge in [-0.25, -0.2) is 4.98 Å². The van der Waals surface area contributed by atoms with Gasteiger partial charge in [-0.15, -0.1) is 0 Å². The number of halogens is 1. The first-order chi connectivity index (χ1) is 6.83. The fourth-order valence-electron chi connectivity index (χ4n) is 1.68. The Labute approximate surface area is 87.9 Å². The number of nitrogens with zero attached hydrogens (tertiary/aromatic N) is 1. The lowest BCUT2D eigenvalue weighted by Gasteiger charge is -2.01. The van der Waals surface area contributed by atoms with Crippen LogP contribution in [0.5, 0.6) is 5.75 Å². The number of aromatic nitrogens is 1. The van der Waals surface area contributed by atoms with Gasteiger partial charge in [-0.3, -0.25) is 0 Å². The van der Waals surface area contributed by atoms with Gasteiger partial charge in [-0.2, -0.15) is 0 Å². The molecule has 2 rings (SSSR count). The molecule has 0 aromatic carbocycles. The Hall–Kier alpha value is -1.02. The molecular weight excluding hydrogens is 198 g/mol. The van der Waals surface area contributed by atoms with Crippen LogP contribution in [0.15, 0.2) is 6.20 Å². The molecule has 1 aliphatic carbocycles. The summed E-state index contributed by atoms with van der Waals surface area (Å²) in [6.45, 7) is 0. The van der Waals surface area contributed by atoms with E-state index in [0.29, 0.717) is 5.15 Å². The second-order valence-corrected chi connectivity index (χ2v) is 3.64. The Morgan fingerprint density at radius 1 is 1.29 bits per heavy atom. The largest absolute Gasteiger partial charge is 0.494 e. The third kappa shape index (κ3) is 1.62. The molecule has 74 valence electrons. The first kappa shape index (κ1) is 9.53. The molecule has 2 nitrogen and oxygen atoms in total. The zero-order valence-corrected chi connectivity index (χ0v) is 8.84. The molecule has 0 N–H and O–H groups in total. The zero-order chi connectivity index (χ0) is 9.97. The lowest BCUT2D eigenvalue weighted by atomic mass is 10.2. The second-order valence-electron chi connectivity index (χ2n) is 3.28. The fraction of sp³-hybridized carbons (Fsp3) is 0.364. The van der Waals surface area contributed by atoms with Crippen LogP contribution in [-0.2, 0) is 0 Å². The van der Waals surface area contributed by atoms with Crippen LogP contribution in [0, 0.1) is 0 Å². The Balaban J connectivity index is 2.80. The van der Waals surface area contributed by atoms with Crippen molar-refractivity contribution in [2.24, 2.45) is 0 Å². The maximum atomic E-state index is 6.03. The smallest absolute Gasteiger partial charge is 0.144 e. The van der Waals surface area contributed by atoms with Crippen molar-refractivity contribution in [1.29, 1.82) is 0 Å². The number of fused-ring (bicyclic) bond motifs is 1. The lowest BCUT2D eigenvalue weighted by molar-refractivity contribution is 0.409. The fourth-order valence-corrected chi connectivity index (χ4v) is 1.90. The summed E-state index contributed by atoms with van der Waals surface area (Å²) in [4.78, 5) is 4.09. The van der Waals surface area contributed by atoms with Gasteiger partial charge in [-0.1, -0.05) is 23.8 Å². The van der Waals surface area contributed by atoms with E-state index < -0.39 is 0 Å². The average molecular weight is 210 g/mol. The summed E-state index contributed by atoms with van der Waals surface area (Å²) in [7, 11) is 1.66. The van der Waals surface area contributed by atoms with E-state index in [1.807, 2.05) is 0 Å². The van der Waals surface area contributed by atoms with Crippen molar-refractivity contribution >= 4 is 23.8 Å². The molecule has 0 aliphatic heterocycles. The molecule has 0 atom stereocenters. The summed E-state index contributed by atoms with van der Waals surface area (Å²) in [6, 6.07) is 0. The van der Waals surface area contributed by atoms with E-state index in [9.17, 15) is 0 Å². The van der Waals surface area contributed by atoms with E-state index in [1.165, 1.54) is 0 Å². The highest BCUT2D eigenvalue weighted by Crippen LogP contribution is 2.06. The molecule has 14 heavy (non-hydrogen) atoms. The third-order valence-electron chi connectivity index (χ3n) is 2.40. The molecule has 0 unspecified atom stereocenters. The molecule has 0 saturated carbocycles. The number of pyridine rings is 1. The molecule has 1 aromatic rings. The minimum atomic E-state index is 0.568. The van der Waals surface area contributed by atoms with Gasteiger partial charge >= 0.3 is 0 Å². The molecular formula is C11H12ClNO. The number of hydrogen-bond acceptors (Lipinski definition) is 2. The van der Waals surface area contributed by atoms with Gasteiger partial charge in [0, 0.05) is 10.4 Å². The summed E-state index contributed by atoms with van der Waals surface area (Å²) in [5.41, 5.74) is 0. The summed E-state index contributed by atoms with van der Waals surface area (Å²) in [5.74, 6) is 0.808. The lowest BCUT2D eigenvalue weighted by Crippen LogP contribution is -2.27. The summed E-state index contributed by atoms with van der Waals surface area (Å²) < 4.78 is 5.25. The van der Waals surface area contributed by atoms with Crippen molar-refractivity contribution in [3.63, 3.8) is 0 Å². The number of methoxy groups -OCH3 is 1. The zero-order valence-electron chi connectivity index (χ0n) is 8.09. The van der Waals surface area contributed by atoms with Crippen LogP contribution in [0.2, 0.25) is 5.15 Å². The highest BCUT2D eigenvalue weighted by atomic mass is 35.5. The second kappa shape index (κ2) is 4.01. The van der Waals surface area contributed by atoms with Crippen LogP contribution in [0.4, 0.5) is 0 Å². The molecule has 0 bridgehead atoms. The van der Waals surface area contributed by atoms with E-state index in [-0.39, 0.29) is 0 Å². The number of hydrogen-bond donors (Lipinski definition) is 0. The summed E-state index contributed by atoms with van der Waals surface area (Å²) in [6.07, 6.45) is 9.27. The predicted molar refractivity (Wildman–Crippen MR) is 57.8 cm³/mol. The van der Waals surface area contributed by atoms with E-state index in [1.54, 1.807) is 13.3 Å². The topological polar surface area (TPSA) is 22.1 Å². The highest BCUT2D eigenvalue weighted by molar-refractivity contribution is 6.29. The van der Waals surface area contributed by atoms with Gasteiger partial charge in [-0.05, 0) is 19.3 Å². The average Bonchev–Trinajstić information content (AvgIpc) is 2.44. The van der Waals surface area contributed by atoms with Crippen LogP contribution in [-0.4, -0.2) is 12.1 Å². The van der Waals surface area contributed by atoms with E-state index in [0.717, 1.165) is 35.4 Å². The summed E-state index contributed by atoms with van der Waals surface area (Å²) in [5, 5.41) is 2.67. The van der Waals surface area contributed by atoms with Gasteiger partial charge in [0.05, 0.1) is 13.3 Å². The Kier molecular flexibility index (Phi) is 2.73. The van der Waals surface area contributed by atoms with E-state index in [4.69, 9.17) is 16.3 Å². The highest BCUT2D eigenvalue weighted by Gasteiger charge is 2.03. The molecule has 0 spiro atoms. The first-order valence-corrected chi connectivity index (χ1v) is 5.09. The minimum absolute atomic E-state index is 0.568. The van der Waals surface area contributed by atoms with Gasteiger partial charge in [0.2, 0.25) is 0 Å². The van der Waals surface area contributed by atoms with Gasteiger partial charge in [0.1, 0.15) is 10.9 Å². The molecule has 0 fully saturated rings. The minimum Gasteiger partial charge on any atom is -0.494 e. The quantitative estimate of drug-likeness (QED) is 0.654. The van der Waals surface area contributed by atoms with Crippen molar-refractivity contribution in [3.8, 4) is 5.75 Å². The van der Waals surface area contributed by atoms with Crippen LogP contribution < -0.4 is 15.2 Å². The van der Waals surface area contributed by atoms with E-state index in [2.05, 4.69) is 17.1 Å². The van der Waals surface area contributed by atoms with Gasteiger partial charge < -0.3 is 4.74 Å². The molecule has 0 amide bonds. The third-order valence-corrected chi connectivity index (χ3v) is 2.70. The van der Waals surface area contributed by atoms with Crippen LogP contribution in [0.3, 0.4) is 0 Å². The molecule has 3 heteroatoms.